The van der Waals surface area contributed by atoms with Gasteiger partial charge in [-0.2, -0.15) is 0 Å². The van der Waals surface area contributed by atoms with Gasteiger partial charge in [-0.15, -0.1) is 11.8 Å². The average molecular weight is 421 g/mol. The van der Waals surface area contributed by atoms with Crippen molar-refractivity contribution in [2.75, 3.05) is 16.9 Å². The number of para-hydroxylation sites is 1. The van der Waals surface area contributed by atoms with Crippen molar-refractivity contribution in [3.8, 4) is 0 Å². The number of nitro benzene ring substituents is 1. The van der Waals surface area contributed by atoms with E-state index in [1.807, 2.05) is 31.4 Å². The van der Waals surface area contributed by atoms with Gasteiger partial charge < -0.3 is 10.6 Å². The molecule has 0 radical (unpaired) electrons. The SMILES string of the molecule is CSc1ccc([N+](=O)[O-])c(C(=O)Nc2ccccc2C(=O)Nc2cccc(C)c2)c1. The fourth-order valence-corrected chi connectivity index (χ4v) is 3.32. The number of benzene rings is 3. The van der Waals surface area contributed by atoms with Gasteiger partial charge in [-0.25, -0.2) is 0 Å². The van der Waals surface area contributed by atoms with Gasteiger partial charge in [0, 0.05) is 16.6 Å². The highest BCUT2D eigenvalue weighted by atomic mass is 32.2. The first-order valence-electron chi connectivity index (χ1n) is 9.00. The van der Waals surface area contributed by atoms with Crippen molar-refractivity contribution in [2.45, 2.75) is 11.8 Å². The summed E-state index contributed by atoms with van der Waals surface area (Å²) >= 11 is 1.37. The van der Waals surface area contributed by atoms with Crippen LogP contribution in [0.1, 0.15) is 26.3 Å². The van der Waals surface area contributed by atoms with Crippen LogP contribution in [0, 0.1) is 17.0 Å². The second kappa shape index (κ2) is 9.23. The van der Waals surface area contributed by atoms with Crippen molar-refractivity contribution in [3.63, 3.8) is 0 Å². The van der Waals surface area contributed by atoms with Gasteiger partial charge in [-0.05, 0) is 55.1 Å². The van der Waals surface area contributed by atoms with Gasteiger partial charge in [0.05, 0.1) is 16.2 Å². The van der Waals surface area contributed by atoms with Crippen LogP contribution in [0.5, 0.6) is 0 Å². The monoisotopic (exact) mass is 421 g/mol. The maximum Gasteiger partial charge on any atom is 0.282 e. The lowest BCUT2D eigenvalue weighted by Crippen LogP contribution is -2.19. The van der Waals surface area contributed by atoms with Crippen molar-refractivity contribution >= 4 is 40.6 Å². The molecule has 30 heavy (non-hydrogen) atoms. The van der Waals surface area contributed by atoms with Crippen LogP contribution in [0.15, 0.2) is 71.6 Å². The van der Waals surface area contributed by atoms with Gasteiger partial charge >= 0.3 is 0 Å². The second-order valence-corrected chi connectivity index (χ2v) is 7.34. The molecule has 0 fully saturated rings. The molecule has 0 aromatic heterocycles. The normalized spacial score (nSPS) is 10.3. The fraction of sp³-hybridized carbons (Fsp3) is 0.0909. The van der Waals surface area contributed by atoms with E-state index in [1.54, 1.807) is 36.4 Å². The number of nitrogens with zero attached hydrogens (tertiary/aromatic N) is 1. The fourth-order valence-electron chi connectivity index (χ4n) is 2.88. The predicted molar refractivity (Wildman–Crippen MR) is 118 cm³/mol. The number of thioether (sulfide) groups is 1. The Kier molecular flexibility index (Phi) is 6.48. The van der Waals surface area contributed by atoms with E-state index < -0.39 is 16.7 Å². The Morgan fingerprint density at radius 1 is 0.900 bits per heavy atom. The van der Waals surface area contributed by atoms with Gasteiger partial charge in [0.15, 0.2) is 0 Å². The molecule has 3 aromatic rings. The number of anilines is 2. The van der Waals surface area contributed by atoms with Crippen LogP contribution in [0.2, 0.25) is 0 Å². The maximum absolute atomic E-state index is 12.8. The number of nitrogens with one attached hydrogen (secondary N) is 2. The lowest BCUT2D eigenvalue weighted by molar-refractivity contribution is -0.385. The molecule has 0 unspecified atom stereocenters. The summed E-state index contributed by atoms with van der Waals surface area (Å²) in [6.07, 6.45) is 1.81. The number of carbonyl (C=O) groups excluding carboxylic acids is 2. The van der Waals surface area contributed by atoms with Crippen LogP contribution >= 0.6 is 11.8 Å². The zero-order chi connectivity index (χ0) is 21.7. The van der Waals surface area contributed by atoms with Crippen molar-refractivity contribution in [2.24, 2.45) is 0 Å². The number of hydrogen-bond acceptors (Lipinski definition) is 5. The Labute approximate surface area is 177 Å². The summed E-state index contributed by atoms with van der Waals surface area (Å²) in [5, 5.41) is 16.8. The molecule has 0 saturated heterocycles. The molecule has 0 bridgehead atoms. The molecule has 8 heteroatoms. The van der Waals surface area contributed by atoms with Crippen LogP contribution < -0.4 is 10.6 Å². The predicted octanol–water partition coefficient (Wildman–Crippen LogP) is 5.13. The first kappa shape index (κ1) is 21.1. The van der Waals surface area contributed by atoms with E-state index in [1.165, 1.54) is 23.9 Å². The topological polar surface area (TPSA) is 101 Å². The molecule has 0 aliphatic carbocycles. The summed E-state index contributed by atoms with van der Waals surface area (Å²) in [6.45, 7) is 1.92. The van der Waals surface area contributed by atoms with Crippen LogP contribution in [0.3, 0.4) is 0 Å². The molecule has 2 N–H and O–H groups in total. The molecule has 3 aromatic carbocycles. The molecule has 152 valence electrons. The summed E-state index contributed by atoms with van der Waals surface area (Å²) < 4.78 is 0. The van der Waals surface area contributed by atoms with Crippen LogP contribution in [0.4, 0.5) is 17.1 Å². The third kappa shape index (κ3) is 4.84. The minimum Gasteiger partial charge on any atom is -0.322 e. The molecular formula is C22H19N3O4S. The van der Waals surface area contributed by atoms with E-state index in [0.29, 0.717) is 5.69 Å². The Morgan fingerprint density at radius 3 is 2.33 bits per heavy atom. The minimum absolute atomic E-state index is 0.0688. The van der Waals surface area contributed by atoms with Crippen LogP contribution in [0.25, 0.3) is 0 Å². The highest BCUT2D eigenvalue weighted by molar-refractivity contribution is 7.98. The summed E-state index contributed by atoms with van der Waals surface area (Å²) in [4.78, 5) is 37.1. The molecule has 0 atom stereocenters. The van der Waals surface area contributed by atoms with Crippen LogP contribution in [-0.4, -0.2) is 23.0 Å². The lowest BCUT2D eigenvalue weighted by Gasteiger charge is -2.12. The molecule has 2 amide bonds. The summed E-state index contributed by atoms with van der Waals surface area (Å²) in [5.41, 5.74) is 1.76. The Hall–Kier alpha value is -3.65. The molecule has 0 aliphatic heterocycles. The third-order valence-corrected chi connectivity index (χ3v) is 5.07. The number of amides is 2. The van der Waals surface area contributed by atoms with Crippen molar-refractivity contribution in [3.05, 3.63) is 93.5 Å². The van der Waals surface area contributed by atoms with Crippen LogP contribution in [-0.2, 0) is 0 Å². The number of aryl methyl sites for hydroxylation is 1. The molecule has 0 heterocycles. The molecular weight excluding hydrogens is 402 g/mol. The quantitative estimate of drug-likeness (QED) is 0.326. The van der Waals surface area contributed by atoms with Gasteiger partial charge in [0.1, 0.15) is 5.56 Å². The Bertz CT molecular complexity index is 1130. The highest BCUT2D eigenvalue weighted by Crippen LogP contribution is 2.26. The molecule has 0 spiro atoms. The van der Waals surface area contributed by atoms with Crippen molar-refractivity contribution < 1.29 is 14.5 Å². The molecule has 0 aliphatic rings. The Balaban J connectivity index is 1.89. The van der Waals surface area contributed by atoms with E-state index >= 15 is 0 Å². The van der Waals surface area contributed by atoms with Crippen molar-refractivity contribution in [1.82, 2.24) is 0 Å². The summed E-state index contributed by atoms with van der Waals surface area (Å²) in [6, 6.07) is 18.2. The zero-order valence-corrected chi connectivity index (χ0v) is 17.2. The van der Waals surface area contributed by atoms with Gasteiger partial charge in [0.25, 0.3) is 17.5 Å². The number of rotatable bonds is 6. The van der Waals surface area contributed by atoms with Gasteiger partial charge in [-0.3, -0.25) is 19.7 Å². The first-order valence-corrected chi connectivity index (χ1v) is 10.2. The lowest BCUT2D eigenvalue weighted by atomic mass is 10.1. The summed E-state index contributed by atoms with van der Waals surface area (Å²) in [7, 11) is 0. The third-order valence-electron chi connectivity index (χ3n) is 4.34. The largest absolute Gasteiger partial charge is 0.322 e. The van der Waals surface area contributed by atoms with E-state index in [2.05, 4.69) is 10.6 Å². The standard InChI is InChI=1S/C22H19N3O4S/c1-14-6-5-7-15(12-14)23-21(26)17-8-3-4-9-19(17)24-22(27)18-13-16(30-2)10-11-20(18)25(28)29/h3-13H,1-2H3,(H,23,26)(H,24,27). The second-order valence-electron chi connectivity index (χ2n) is 6.46. The number of hydrogen-bond donors (Lipinski definition) is 2. The molecule has 0 saturated carbocycles. The maximum atomic E-state index is 12.8. The first-order chi connectivity index (χ1) is 14.4. The molecule has 3 rings (SSSR count). The average Bonchev–Trinajstić information content (AvgIpc) is 2.73. The van der Waals surface area contributed by atoms with E-state index in [0.717, 1.165) is 10.5 Å². The zero-order valence-electron chi connectivity index (χ0n) is 16.3. The Morgan fingerprint density at radius 2 is 1.63 bits per heavy atom. The van der Waals surface area contributed by atoms with Crippen molar-refractivity contribution in [1.29, 1.82) is 0 Å². The summed E-state index contributed by atoms with van der Waals surface area (Å²) in [5.74, 6) is -1.06. The molecule has 7 nitrogen and oxygen atoms in total. The minimum atomic E-state index is -0.659. The van der Waals surface area contributed by atoms with Gasteiger partial charge in [0.2, 0.25) is 0 Å². The smallest absolute Gasteiger partial charge is 0.282 e. The number of nitro groups is 1. The van der Waals surface area contributed by atoms with E-state index in [-0.39, 0.29) is 22.5 Å². The van der Waals surface area contributed by atoms with Gasteiger partial charge in [-0.1, -0.05) is 24.3 Å². The van der Waals surface area contributed by atoms with E-state index in [9.17, 15) is 19.7 Å². The number of carbonyl (C=O) groups is 2. The highest BCUT2D eigenvalue weighted by Gasteiger charge is 2.22. The van der Waals surface area contributed by atoms with E-state index in [4.69, 9.17) is 0 Å².